The lowest BCUT2D eigenvalue weighted by atomic mass is 10.0. The number of hydrogen-bond acceptors (Lipinski definition) is 6. The second kappa shape index (κ2) is 8.33. The van der Waals surface area contributed by atoms with Crippen molar-refractivity contribution in [3.63, 3.8) is 0 Å². The van der Waals surface area contributed by atoms with Crippen LogP contribution in [0.4, 0.5) is 5.69 Å². The number of benzene rings is 2. The molecule has 9 nitrogen and oxygen atoms in total. The van der Waals surface area contributed by atoms with Gasteiger partial charge in [-0.1, -0.05) is 24.1 Å². The highest BCUT2D eigenvalue weighted by Gasteiger charge is 2.37. The summed E-state index contributed by atoms with van der Waals surface area (Å²) in [7, 11) is -3.75. The average molecular weight is 427 g/mol. The third kappa shape index (κ3) is 4.10. The van der Waals surface area contributed by atoms with Gasteiger partial charge in [-0.3, -0.25) is 4.79 Å². The van der Waals surface area contributed by atoms with Crippen molar-refractivity contribution in [2.24, 2.45) is 0 Å². The van der Waals surface area contributed by atoms with Crippen LogP contribution in [0.1, 0.15) is 24.8 Å². The lowest BCUT2D eigenvalue weighted by molar-refractivity contribution is -0.120. The number of anilines is 1. The SMILES string of the molecule is Cc1ccc(S(=O)(=O)N2CCCCC2C(=O)Nc2ccc(-n3cnnn3)cc2)cc1. The van der Waals surface area contributed by atoms with Crippen molar-refractivity contribution in [1.29, 1.82) is 0 Å². The van der Waals surface area contributed by atoms with E-state index < -0.39 is 16.1 Å². The van der Waals surface area contributed by atoms with E-state index in [4.69, 9.17) is 0 Å². The molecule has 1 aliphatic rings. The first-order valence-electron chi connectivity index (χ1n) is 9.68. The van der Waals surface area contributed by atoms with Gasteiger partial charge in [-0.15, -0.1) is 5.10 Å². The van der Waals surface area contributed by atoms with Gasteiger partial charge in [0.05, 0.1) is 10.6 Å². The van der Waals surface area contributed by atoms with Gasteiger partial charge < -0.3 is 5.32 Å². The first-order chi connectivity index (χ1) is 14.4. The minimum absolute atomic E-state index is 0.207. The number of rotatable bonds is 5. The standard InChI is InChI=1S/C20H22N6O3S/c1-15-5-11-18(12-6-15)30(28,29)26-13-3-2-4-19(26)20(27)22-16-7-9-17(10-8-16)25-14-21-23-24-25/h5-12,14,19H,2-4,13H2,1H3,(H,22,27). The molecule has 2 aromatic carbocycles. The Kier molecular flexibility index (Phi) is 5.60. The number of carbonyl (C=O) groups excluding carboxylic acids is 1. The van der Waals surface area contributed by atoms with E-state index in [0.29, 0.717) is 18.7 Å². The van der Waals surface area contributed by atoms with Crippen molar-refractivity contribution in [2.75, 3.05) is 11.9 Å². The molecule has 1 unspecified atom stereocenters. The second-order valence-electron chi connectivity index (χ2n) is 7.23. The van der Waals surface area contributed by atoms with E-state index in [0.717, 1.165) is 24.1 Å². The molecular weight excluding hydrogens is 404 g/mol. The zero-order valence-electron chi connectivity index (χ0n) is 16.5. The molecule has 2 heterocycles. The largest absolute Gasteiger partial charge is 0.325 e. The van der Waals surface area contributed by atoms with E-state index in [1.165, 1.54) is 15.3 Å². The Balaban J connectivity index is 1.52. The average Bonchev–Trinajstić information content (AvgIpc) is 3.29. The summed E-state index contributed by atoms with van der Waals surface area (Å²) in [5.74, 6) is -0.333. The Bertz CT molecular complexity index is 1110. The number of aromatic nitrogens is 4. The Morgan fingerprint density at radius 3 is 2.47 bits per heavy atom. The number of tetrazole rings is 1. The number of nitrogens with one attached hydrogen (secondary N) is 1. The molecule has 1 N–H and O–H groups in total. The first-order valence-corrected chi connectivity index (χ1v) is 11.1. The molecule has 0 aliphatic carbocycles. The zero-order valence-corrected chi connectivity index (χ0v) is 17.3. The highest BCUT2D eigenvalue weighted by molar-refractivity contribution is 7.89. The summed E-state index contributed by atoms with van der Waals surface area (Å²) in [4.78, 5) is 13.2. The fourth-order valence-electron chi connectivity index (χ4n) is 3.50. The number of hydrogen-bond donors (Lipinski definition) is 1. The van der Waals surface area contributed by atoms with E-state index in [1.807, 2.05) is 6.92 Å². The normalized spacial score (nSPS) is 17.6. The summed E-state index contributed by atoms with van der Waals surface area (Å²) in [6.45, 7) is 2.23. The van der Waals surface area contributed by atoms with Gasteiger partial charge in [-0.05, 0) is 66.6 Å². The number of carbonyl (C=O) groups is 1. The molecule has 10 heteroatoms. The van der Waals surface area contributed by atoms with E-state index in [1.54, 1.807) is 48.5 Å². The fraction of sp³-hybridized carbons (Fsp3) is 0.300. The second-order valence-corrected chi connectivity index (χ2v) is 9.12. The summed E-state index contributed by atoms with van der Waals surface area (Å²) in [5, 5.41) is 13.8. The maximum absolute atomic E-state index is 13.2. The van der Waals surface area contributed by atoms with E-state index in [2.05, 4.69) is 20.8 Å². The van der Waals surface area contributed by atoms with Crippen LogP contribution in [0.25, 0.3) is 5.69 Å². The zero-order chi connectivity index (χ0) is 21.1. The van der Waals surface area contributed by atoms with Gasteiger partial charge >= 0.3 is 0 Å². The minimum Gasteiger partial charge on any atom is -0.325 e. The number of aryl methyl sites for hydroxylation is 1. The topological polar surface area (TPSA) is 110 Å². The van der Waals surface area contributed by atoms with Crippen molar-refractivity contribution in [2.45, 2.75) is 37.1 Å². The molecule has 1 aromatic heterocycles. The monoisotopic (exact) mass is 426 g/mol. The molecule has 3 aromatic rings. The lowest BCUT2D eigenvalue weighted by Gasteiger charge is -2.33. The Morgan fingerprint density at radius 2 is 1.80 bits per heavy atom. The summed E-state index contributed by atoms with van der Waals surface area (Å²) >= 11 is 0. The molecule has 30 heavy (non-hydrogen) atoms. The van der Waals surface area contributed by atoms with Gasteiger partial charge in [0.1, 0.15) is 12.4 Å². The molecule has 0 bridgehead atoms. The summed E-state index contributed by atoms with van der Waals surface area (Å²) in [5.41, 5.74) is 2.31. The molecule has 0 saturated carbocycles. The number of piperidine rings is 1. The van der Waals surface area contributed by atoms with Gasteiger partial charge in [-0.25, -0.2) is 13.1 Å². The maximum Gasteiger partial charge on any atom is 0.243 e. The smallest absolute Gasteiger partial charge is 0.243 e. The molecule has 0 radical (unpaired) electrons. The third-order valence-corrected chi connectivity index (χ3v) is 7.05. The molecule has 1 saturated heterocycles. The van der Waals surface area contributed by atoms with Crippen molar-refractivity contribution in [1.82, 2.24) is 24.5 Å². The Labute approximate surface area is 174 Å². The van der Waals surface area contributed by atoms with E-state index in [9.17, 15) is 13.2 Å². The van der Waals surface area contributed by atoms with Crippen LogP contribution in [-0.2, 0) is 14.8 Å². The molecule has 0 spiro atoms. The van der Waals surface area contributed by atoms with Crippen molar-refractivity contribution in [3.8, 4) is 5.69 Å². The van der Waals surface area contributed by atoms with Crippen LogP contribution >= 0.6 is 0 Å². The lowest BCUT2D eigenvalue weighted by Crippen LogP contribution is -2.49. The van der Waals surface area contributed by atoms with Crippen molar-refractivity contribution in [3.05, 3.63) is 60.4 Å². The Hall–Kier alpha value is -3.11. The predicted molar refractivity (Wildman–Crippen MR) is 110 cm³/mol. The molecule has 1 aliphatic heterocycles. The van der Waals surface area contributed by atoms with Gasteiger partial charge in [0, 0.05) is 12.2 Å². The summed E-state index contributed by atoms with van der Waals surface area (Å²) in [6.07, 6.45) is 3.49. The third-order valence-electron chi connectivity index (χ3n) is 5.13. The molecule has 1 amide bonds. The van der Waals surface area contributed by atoms with Crippen LogP contribution in [0.2, 0.25) is 0 Å². The molecule has 156 valence electrons. The molecular formula is C20H22N6O3S. The molecule has 1 fully saturated rings. The predicted octanol–water partition coefficient (Wildman–Crippen LogP) is 2.15. The van der Waals surface area contributed by atoms with Crippen molar-refractivity contribution < 1.29 is 13.2 Å². The highest BCUT2D eigenvalue weighted by Crippen LogP contribution is 2.26. The minimum atomic E-state index is -3.75. The van der Waals surface area contributed by atoms with Crippen LogP contribution in [0, 0.1) is 6.92 Å². The number of sulfonamides is 1. The van der Waals surface area contributed by atoms with Gasteiger partial charge in [0.2, 0.25) is 15.9 Å². The van der Waals surface area contributed by atoms with Crippen LogP contribution in [-0.4, -0.2) is 51.4 Å². The quantitative estimate of drug-likeness (QED) is 0.669. The summed E-state index contributed by atoms with van der Waals surface area (Å²) < 4.78 is 29.2. The highest BCUT2D eigenvalue weighted by atomic mass is 32.2. The number of nitrogens with zero attached hydrogens (tertiary/aromatic N) is 5. The number of amides is 1. The van der Waals surface area contributed by atoms with Gasteiger partial charge in [-0.2, -0.15) is 4.31 Å². The van der Waals surface area contributed by atoms with Crippen LogP contribution < -0.4 is 5.32 Å². The van der Waals surface area contributed by atoms with Gasteiger partial charge in [0.25, 0.3) is 0 Å². The van der Waals surface area contributed by atoms with Crippen LogP contribution in [0.15, 0.2) is 59.8 Å². The maximum atomic E-state index is 13.2. The van der Waals surface area contributed by atoms with Crippen LogP contribution in [0.5, 0.6) is 0 Å². The van der Waals surface area contributed by atoms with Gasteiger partial charge in [0.15, 0.2) is 0 Å². The first kappa shape index (κ1) is 20.2. The molecule has 4 rings (SSSR count). The fourth-order valence-corrected chi connectivity index (χ4v) is 5.16. The summed E-state index contributed by atoms with van der Waals surface area (Å²) in [6, 6.07) is 13.0. The Morgan fingerprint density at radius 1 is 1.07 bits per heavy atom. The van der Waals surface area contributed by atoms with Crippen molar-refractivity contribution >= 4 is 21.6 Å². The van der Waals surface area contributed by atoms with Crippen LogP contribution in [0.3, 0.4) is 0 Å². The van der Waals surface area contributed by atoms with E-state index >= 15 is 0 Å². The van der Waals surface area contributed by atoms with E-state index in [-0.39, 0.29) is 10.8 Å². The molecule has 1 atom stereocenters.